The Bertz CT molecular complexity index is 430. The zero-order chi connectivity index (χ0) is 14.5. The maximum absolute atomic E-state index is 12.1. The molecular formula is C15H24N2O2. The molecule has 19 heavy (non-hydrogen) atoms. The van der Waals surface area contributed by atoms with Crippen molar-refractivity contribution in [3.05, 3.63) is 29.8 Å². The molecule has 0 aliphatic carbocycles. The number of benzene rings is 1. The number of rotatable bonds is 6. The van der Waals surface area contributed by atoms with Gasteiger partial charge in [-0.1, -0.05) is 25.1 Å². The third kappa shape index (κ3) is 3.96. The lowest BCUT2D eigenvalue weighted by Crippen LogP contribution is -2.45. The predicted molar refractivity (Wildman–Crippen MR) is 77.3 cm³/mol. The second kappa shape index (κ2) is 6.57. The summed E-state index contributed by atoms with van der Waals surface area (Å²) in [4.78, 5) is 12.1. The molecule has 0 saturated heterocycles. The lowest BCUT2D eigenvalue weighted by Gasteiger charge is -2.29. The van der Waals surface area contributed by atoms with Gasteiger partial charge in [0.25, 0.3) is 0 Å². The summed E-state index contributed by atoms with van der Waals surface area (Å²) in [5, 5.41) is 6.08. The average Bonchev–Trinajstić information content (AvgIpc) is 2.38. The molecular weight excluding hydrogens is 240 g/mol. The minimum atomic E-state index is -0.467. The molecule has 0 aliphatic rings. The molecule has 1 unspecified atom stereocenters. The number of carbonyl (C=O) groups excluding carboxylic acids is 1. The first-order valence-electron chi connectivity index (χ1n) is 6.52. The summed E-state index contributed by atoms with van der Waals surface area (Å²) >= 11 is 0. The van der Waals surface area contributed by atoms with E-state index in [1.807, 2.05) is 52.1 Å². The monoisotopic (exact) mass is 264 g/mol. The van der Waals surface area contributed by atoms with Crippen LogP contribution in [0.3, 0.4) is 0 Å². The summed E-state index contributed by atoms with van der Waals surface area (Å²) < 4.78 is 5.36. The standard InChI is InChI=1S/C15H24N2O2/c1-11(10-16-4)14(18)17-15(2,3)12-8-6-7-9-13(12)19-5/h6-9,11,16H,10H2,1-5H3,(H,17,18). The minimum Gasteiger partial charge on any atom is -0.496 e. The fraction of sp³-hybridized carbons (Fsp3) is 0.533. The minimum absolute atomic E-state index is 0.0326. The molecule has 1 aromatic rings. The number of carbonyl (C=O) groups is 1. The Morgan fingerprint density at radius 2 is 2.00 bits per heavy atom. The van der Waals surface area contributed by atoms with Gasteiger partial charge in [-0.3, -0.25) is 4.79 Å². The van der Waals surface area contributed by atoms with Crippen LogP contribution in [0.2, 0.25) is 0 Å². The second-order valence-corrected chi connectivity index (χ2v) is 5.27. The highest BCUT2D eigenvalue weighted by Gasteiger charge is 2.27. The molecule has 0 aliphatic heterocycles. The normalized spacial score (nSPS) is 12.9. The smallest absolute Gasteiger partial charge is 0.224 e. The zero-order valence-corrected chi connectivity index (χ0v) is 12.4. The van der Waals surface area contributed by atoms with Gasteiger partial charge in [0.2, 0.25) is 5.91 Å². The summed E-state index contributed by atoms with van der Waals surface area (Å²) in [5.41, 5.74) is 0.508. The Labute approximate surface area is 115 Å². The van der Waals surface area contributed by atoms with Crippen LogP contribution in [-0.4, -0.2) is 26.6 Å². The molecule has 0 spiro atoms. The Hall–Kier alpha value is -1.55. The highest BCUT2D eigenvalue weighted by Crippen LogP contribution is 2.29. The van der Waals surface area contributed by atoms with E-state index in [0.717, 1.165) is 11.3 Å². The van der Waals surface area contributed by atoms with Gasteiger partial charge >= 0.3 is 0 Å². The van der Waals surface area contributed by atoms with Gasteiger partial charge in [0, 0.05) is 18.0 Å². The highest BCUT2D eigenvalue weighted by molar-refractivity contribution is 5.79. The summed E-state index contributed by atoms with van der Waals surface area (Å²) in [7, 11) is 3.48. The third-order valence-corrected chi connectivity index (χ3v) is 3.17. The number of methoxy groups -OCH3 is 1. The van der Waals surface area contributed by atoms with Gasteiger partial charge in [-0.05, 0) is 27.0 Å². The van der Waals surface area contributed by atoms with Crippen molar-refractivity contribution in [1.82, 2.24) is 10.6 Å². The summed E-state index contributed by atoms with van der Waals surface area (Å²) in [5.74, 6) is 0.748. The predicted octanol–water partition coefficient (Wildman–Crippen LogP) is 1.90. The number of hydrogen-bond acceptors (Lipinski definition) is 3. The molecule has 0 bridgehead atoms. The average molecular weight is 264 g/mol. The molecule has 4 heteroatoms. The van der Waals surface area contributed by atoms with E-state index in [0.29, 0.717) is 6.54 Å². The van der Waals surface area contributed by atoms with Crippen LogP contribution in [0.25, 0.3) is 0 Å². The topological polar surface area (TPSA) is 50.4 Å². The van der Waals surface area contributed by atoms with Crippen molar-refractivity contribution in [2.24, 2.45) is 5.92 Å². The molecule has 0 aromatic heterocycles. The Morgan fingerprint density at radius 3 is 2.58 bits per heavy atom. The van der Waals surface area contributed by atoms with E-state index in [2.05, 4.69) is 10.6 Å². The van der Waals surface area contributed by atoms with Crippen LogP contribution in [0.1, 0.15) is 26.3 Å². The van der Waals surface area contributed by atoms with Crippen LogP contribution in [0.5, 0.6) is 5.75 Å². The van der Waals surface area contributed by atoms with Crippen LogP contribution in [-0.2, 0) is 10.3 Å². The van der Waals surface area contributed by atoms with E-state index in [1.54, 1.807) is 7.11 Å². The van der Waals surface area contributed by atoms with Crippen molar-refractivity contribution < 1.29 is 9.53 Å². The fourth-order valence-corrected chi connectivity index (χ4v) is 2.06. The molecule has 0 radical (unpaired) electrons. The number of para-hydroxylation sites is 1. The van der Waals surface area contributed by atoms with Crippen LogP contribution in [0, 0.1) is 5.92 Å². The molecule has 1 rings (SSSR count). The van der Waals surface area contributed by atoms with E-state index in [-0.39, 0.29) is 11.8 Å². The molecule has 0 heterocycles. The van der Waals surface area contributed by atoms with Gasteiger partial charge in [-0.15, -0.1) is 0 Å². The van der Waals surface area contributed by atoms with Crippen LogP contribution in [0.4, 0.5) is 0 Å². The quantitative estimate of drug-likeness (QED) is 0.825. The first kappa shape index (κ1) is 15.5. The van der Waals surface area contributed by atoms with Gasteiger partial charge in [0.15, 0.2) is 0 Å². The van der Waals surface area contributed by atoms with Crippen LogP contribution < -0.4 is 15.4 Å². The van der Waals surface area contributed by atoms with Crippen molar-refractivity contribution >= 4 is 5.91 Å². The number of nitrogens with one attached hydrogen (secondary N) is 2. The Kier molecular flexibility index (Phi) is 5.36. The molecule has 0 saturated carbocycles. The van der Waals surface area contributed by atoms with E-state index < -0.39 is 5.54 Å². The third-order valence-electron chi connectivity index (χ3n) is 3.17. The number of amides is 1. The Balaban J connectivity index is 2.88. The van der Waals surface area contributed by atoms with Crippen molar-refractivity contribution in [2.75, 3.05) is 20.7 Å². The van der Waals surface area contributed by atoms with E-state index >= 15 is 0 Å². The summed E-state index contributed by atoms with van der Waals surface area (Å²) in [6, 6.07) is 7.74. The van der Waals surface area contributed by atoms with E-state index in [4.69, 9.17) is 4.74 Å². The lowest BCUT2D eigenvalue weighted by atomic mass is 9.92. The van der Waals surface area contributed by atoms with Crippen LogP contribution >= 0.6 is 0 Å². The second-order valence-electron chi connectivity index (χ2n) is 5.27. The van der Waals surface area contributed by atoms with Gasteiger partial charge in [-0.25, -0.2) is 0 Å². The van der Waals surface area contributed by atoms with Gasteiger partial charge in [0.05, 0.1) is 12.6 Å². The zero-order valence-electron chi connectivity index (χ0n) is 12.4. The van der Waals surface area contributed by atoms with Gasteiger partial charge < -0.3 is 15.4 Å². The van der Waals surface area contributed by atoms with E-state index in [1.165, 1.54) is 0 Å². The van der Waals surface area contributed by atoms with Gasteiger partial charge in [0.1, 0.15) is 5.75 Å². The molecule has 0 fully saturated rings. The van der Waals surface area contributed by atoms with Crippen LogP contribution in [0.15, 0.2) is 24.3 Å². The SMILES string of the molecule is CNCC(C)C(=O)NC(C)(C)c1ccccc1OC. The van der Waals surface area contributed by atoms with Gasteiger partial charge in [-0.2, -0.15) is 0 Å². The maximum atomic E-state index is 12.1. The Morgan fingerprint density at radius 1 is 1.37 bits per heavy atom. The first-order valence-corrected chi connectivity index (χ1v) is 6.52. The number of hydrogen-bond donors (Lipinski definition) is 2. The molecule has 1 atom stereocenters. The van der Waals surface area contributed by atoms with Crippen molar-refractivity contribution in [1.29, 1.82) is 0 Å². The van der Waals surface area contributed by atoms with Crippen molar-refractivity contribution in [2.45, 2.75) is 26.3 Å². The fourth-order valence-electron chi connectivity index (χ4n) is 2.06. The first-order chi connectivity index (χ1) is 8.92. The van der Waals surface area contributed by atoms with Crippen molar-refractivity contribution in [3.8, 4) is 5.75 Å². The molecule has 4 nitrogen and oxygen atoms in total. The molecule has 1 aromatic carbocycles. The molecule has 1 amide bonds. The molecule has 106 valence electrons. The lowest BCUT2D eigenvalue weighted by molar-refractivity contribution is -0.126. The van der Waals surface area contributed by atoms with Crippen molar-refractivity contribution in [3.63, 3.8) is 0 Å². The highest BCUT2D eigenvalue weighted by atomic mass is 16.5. The maximum Gasteiger partial charge on any atom is 0.224 e. The summed E-state index contributed by atoms with van der Waals surface area (Å²) in [6.45, 7) is 6.53. The number of ether oxygens (including phenoxy) is 1. The van der Waals surface area contributed by atoms with E-state index in [9.17, 15) is 4.79 Å². The summed E-state index contributed by atoms with van der Waals surface area (Å²) in [6.07, 6.45) is 0. The molecule has 2 N–H and O–H groups in total. The largest absolute Gasteiger partial charge is 0.496 e.